The number of nitrogens with zero attached hydrogens (tertiary/aromatic N) is 2. The lowest BCUT2D eigenvalue weighted by Gasteiger charge is -2.51. The molecule has 0 saturated carbocycles. The second-order valence-corrected chi connectivity index (χ2v) is 13.9. The van der Waals surface area contributed by atoms with Crippen LogP contribution in [0, 0.1) is 0 Å². The van der Waals surface area contributed by atoms with Crippen LogP contribution < -0.4 is 0 Å². The van der Waals surface area contributed by atoms with Gasteiger partial charge in [0.15, 0.2) is 0 Å². The molecule has 6 nitrogen and oxygen atoms in total. The first-order chi connectivity index (χ1) is 17.6. The van der Waals surface area contributed by atoms with Gasteiger partial charge in [-0.1, -0.05) is 48.5 Å². The minimum atomic E-state index is -0.308. The summed E-state index contributed by atoms with van der Waals surface area (Å²) >= 11 is 0. The van der Waals surface area contributed by atoms with Crippen LogP contribution in [0.2, 0.25) is 0 Å². The van der Waals surface area contributed by atoms with Crippen LogP contribution in [-0.2, 0) is 22.7 Å². The molecule has 2 aliphatic heterocycles. The molecule has 0 amide bonds. The van der Waals surface area contributed by atoms with Crippen molar-refractivity contribution in [3.05, 3.63) is 59.7 Å². The number of benzene rings is 2. The number of rotatable bonds is 7. The molecule has 0 aromatic heterocycles. The lowest BCUT2D eigenvalue weighted by atomic mass is 9.80. The van der Waals surface area contributed by atoms with E-state index in [9.17, 15) is 10.4 Å². The summed E-state index contributed by atoms with van der Waals surface area (Å²) in [6, 6.07) is 17.2. The molecular formula is C32H48N2O4. The third kappa shape index (κ3) is 6.49. The molecule has 38 heavy (non-hydrogen) atoms. The highest BCUT2D eigenvalue weighted by Crippen LogP contribution is 2.39. The zero-order chi connectivity index (χ0) is 27.9. The van der Waals surface area contributed by atoms with Crippen LogP contribution >= 0.6 is 0 Å². The standard InChI is InChI=1S/C32H48N2O4/c1-29(2)17-27(18-30(3,4)33(29)35)37-21-23-9-13-25(14-10-23)26-15-11-24(12-16-26)22-38-28-19-31(5,6)34(36)32(7,8)20-28/h9-16,27-28,35-36H,17-22H2,1-8H3. The Morgan fingerprint density at radius 1 is 0.553 bits per heavy atom. The van der Waals surface area contributed by atoms with Gasteiger partial charge >= 0.3 is 0 Å². The summed E-state index contributed by atoms with van der Waals surface area (Å²) in [6.45, 7) is 17.7. The molecule has 0 aliphatic carbocycles. The van der Waals surface area contributed by atoms with E-state index in [0.717, 1.165) is 36.8 Å². The van der Waals surface area contributed by atoms with E-state index in [-0.39, 0.29) is 34.4 Å². The number of hydrogen-bond donors (Lipinski definition) is 2. The summed E-state index contributed by atoms with van der Waals surface area (Å²) in [4.78, 5) is 0. The molecule has 0 atom stereocenters. The Balaban J connectivity index is 1.30. The molecule has 2 heterocycles. The number of hydroxylamine groups is 4. The predicted octanol–water partition coefficient (Wildman–Crippen LogP) is 7.21. The number of ether oxygens (including phenoxy) is 2. The van der Waals surface area contributed by atoms with E-state index in [2.05, 4.69) is 104 Å². The Hall–Kier alpha value is -1.80. The van der Waals surface area contributed by atoms with Gasteiger partial charge < -0.3 is 19.9 Å². The molecule has 0 unspecified atom stereocenters. The van der Waals surface area contributed by atoms with Crippen molar-refractivity contribution in [3.8, 4) is 11.1 Å². The SMILES string of the molecule is CC1(C)CC(OCc2ccc(-c3ccc(COC4CC(C)(C)N(O)C(C)(C)C4)cc3)cc2)CC(C)(C)N1O. The van der Waals surface area contributed by atoms with Crippen molar-refractivity contribution in [2.75, 3.05) is 0 Å². The maximum Gasteiger partial charge on any atom is 0.0720 e. The van der Waals surface area contributed by atoms with E-state index >= 15 is 0 Å². The van der Waals surface area contributed by atoms with Crippen LogP contribution in [0.5, 0.6) is 0 Å². The fourth-order valence-electron chi connectivity index (χ4n) is 6.61. The normalized spacial score (nSPS) is 23.9. The van der Waals surface area contributed by atoms with Gasteiger partial charge in [-0.3, -0.25) is 0 Å². The van der Waals surface area contributed by atoms with Crippen molar-refractivity contribution >= 4 is 0 Å². The first-order valence-electron chi connectivity index (χ1n) is 14.0. The van der Waals surface area contributed by atoms with Gasteiger partial charge in [-0.15, -0.1) is 0 Å². The Morgan fingerprint density at radius 2 is 0.816 bits per heavy atom. The Labute approximate surface area is 229 Å². The van der Waals surface area contributed by atoms with Gasteiger partial charge in [0, 0.05) is 22.2 Å². The van der Waals surface area contributed by atoms with Gasteiger partial charge in [-0.2, -0.15) is 10.1 Å². The molecule has 0 spiro atoms. The summed E-state index contributed by atoms with van der Waals surface area (Å²) in [5.41, 5.74) is 3.43. The third-order valence-electron chi connectivity index (χ3n) is 8.41. The molecule has 2 aromatic rings. The van der Waals surface area contributed by atoms with E-state index in [0.29, 0.717) is 13.2 Å². The Bertz CT molecular complexity index is 952. The largest absolute Gasteiger partial charge is 0.373 e. The topological polar surface area (TPSA) is 65.4 Å². The van der Waals surface area contributed by atoms with Crippen molar-refractivity contribution in [2.24, 2.45) is 0 Å². The second kappa shape index (κ2) is 10.6. The molecule has 2 saturated heterocycles. The first kappa shape index (κ1) is 29.2. The molecule has 0 radical (unpaired) electrons. The van der Waals surface area contributed by atoms with Crippen LogP contribution in [0.25, 0.3) is 11.1 Å². The summed E-state index contributed by atoms with van der Waals surface area (Å²) < 4.78 is 12.6. The van der Waals surface area contributed by atoms with Gasteiger partial charge in [0.25, 0.3) is 0 Å². The quantitative estimate of drug-likeness (QED) is 0.399. The third-order valence-corrected chi connectivity index (χ3v) is 8.41. The van der Waals surface area contributed by atoms with E-state index in [1.165, 1.54) is 21.3 Å². The highest BCUT2D eigenvalue weighted by atomic mass is 16.5. The highest BCUT2D eigenvalue weighted by molar-refractivity contribution is 5.63. The minimum absolute atomic E-state index is 0.117. The smallest absolute Gasteiger partial charge is 0.0720 e. The molecule has 4 rings (SSSR count). The van der Waals surface area contributed by atoms with Crippen molar-refractivity contribution in [2.45, 2.75) is 129 Å². The zero-order valence-electron chi connectivity index (χ0n) is 24.6. The van der Waals surface area contributed by atoms with Crippen molar-refractivity contribution < 1.29 is 19.9 Å². The molecule has 210 valence electrons. The average molecular weight is 525 g/mol. The average Bonchev–Trinajstić information content (AvgIpc) is 2.83. The molecule has 0 bridgehead atoms. The lowest BCUT2D eigenvalue weighted by Crippen LogP contribution is -2.60. The van der Waals surface area contributed by atoms with Crippen LogP contribution in [0.4, 0.5) is 0 Å². The Kier molecular flexibility index (Phi) is 8.17. The van der Waals surface area contributed by atoms with E-state index in [1.54, 1.807) is 0 Å². The van der Waals surface area contributed by atoms with Gasteiger partial charge in [0.05, 0.1) is 25.4 Å². The fourth-order valence-corrected chi connectivity index (χ4v) is 6.61. The second-order valence-electron chi connectivity index (χ2n) is 13.9. The van der Waals surface area contributed by atoms with Gasteiger partial charge in [-0.05, 0) is 103 Å². The van der Waals surface area contributed by atoms with Crippen LogP contribution in [0.1, 0.15) is 92.2 Å². The predicted molar refractivity (Wildman–Crippen MR) is 151 cm³/mol. The lowest BCUT2D eigenvalue weighted by molar-refractivity contribution is -0.262. The molecular weight excluding hydrogens is 476 g/mol. The van der Waals surface area contributed by atoms with Crippen LogP contribution in [0.15, 0.2) is 48.5 Å². The summed E-state index contributed by atoms with van der Waals surface area (Å²) in [6.07, 6.45) is 3.44. The maximum absolute atomic E-state index is 10.5. The number of piperidine rings is 2. The van der Waals surface area contributed by atoms with E-state index in [1.807, 2.05) is 0 Å². The molecule has 2 aliphatic rings. The first-order valence-corrected chi connectivity index (χ1v) is 14.0. The summed E-state index contributed by atoms with van der Waals surface area (Å²) in [5.74, 6) is 0. The Morgan fingerprint density at radius 3 is 1.08 bits per heavy atom. The van der Waals surface area contributed by atoms with Gasteiger partial charge in [-0.25, -0.2) is 0 Å². The van der Waals surface area contributed by atoms with Crippen molar-refractivity contribution in [1.29, 1.82) is 0 Å². The molecule has 2 aromatic carbocycles. The zero-order valence-corrected chi connectivity index (χ0v) is 24.6. The number of hydrogen-bond acceptors (Lipinski definition) is 6. The molecule has 6 heteroatoms. The van der Waals surface area contributed by atoms with Crippen LogP contribution in [0.3, 0.4) is 0 Å². The van der Waals surface area contributed by atoms with Crippen LogP contribution in [-0.4, -0.2) is 54.9 Å². The molecule has 2 N–H and O–H groups in total. The van der Waals surface area contributed by atoms with Gasteiger partial charge in [0.2, 0.25) is 0 Å². The summed E-state index contributed by atoms with van der Waals surface area (Å²) in [5, 5.41) is 24.0. The van der Waals surface area contributed by atoms with Gasteiger partial charge in [0.1, 0.15) is 0 Å². The fraction of sp³-hybridized carbons (Fsp3) is 0.625. The maximum atomic E-state index is 10.5. The monoisotopic (exact) mass is 524 g/mol. The van der Waals surface area contributed by atoms with E-state index in [4.69, 9.17) is 9.47 Å². The molecule has 2 fully saturated rings. The minimum Gasteiger partial charge on any atom is -0.373 e. The van der Waals surface area contributed by atoms with E-state index < -0.39 is 0 Å². The summed E-state index contributed by atoms with van der Waals surface area (Å²) in [7, 11) is 0. The van der Waals surface area contributed by atoms with Crippen molar-refractivity contribution in [1.82, 2.24) is 10.1 Å². The van der Waals surface area contributed by atoms with Crippen molar-refractivity contribution in [3.63, 3.8) is 0 Å². The highest BCUT2D eigenvalue weighted by Gasteiger charge is 2.46.